The van der Waals surface area contributed by atoms with Crippen LogP contribution in [0.15, 0.2) is 12.1 Å². The number of carbonyl (C=O) groups is 1. The number of anilines is 1. The molecule has 3 nitrogen and oxygen atoms in total. The van der Waals surface area contributed by atoms with Crippen molar-refractivity contribution in [3.05, 3.63) is 28.8 Å². The zero-order valence-corrected chi connectivity index (χ0v) is 11.6. The molecule has 0 saturated heterocycles. The third kappa shape index (κ3) is 3.48. The predicted octanol–water partition coefficient (Wildman–Crippen LogP) is 2.87. The van der Waals surface area contributed by atoms with Crippen molar-refractivity contribution in [1.29, 1.82) is 0 Å². The number of hydrogen-bond acceptors (Lipinski definition) is 2. The second-order valence-corrected chi connectivity index (χ2v) is 5.46. The Labute approximate surface area is 104 Å². The fraction of sp³-hybridized carbons (Fsp3) is 0.500. The van der Waals surface area contributed by atoms with E-state index in [1.54, 1.807) is 0 Å². The summed E-state index contributed by atoms with van der Waals surface area (Å²) in [6, 6.07) is 3.99. The Morgan fingerprint density at radius 2 is 1.76 bits per heavy atom. The fourth-order valence-corrected chi connectivity index (χ4v) is 1.89. The van der Waals surface area contributed by atoms with Crippen LogP contribution in [0.4, 0.5) is 5.69 Å². The molecule has 1 aromatic rings. The third-order valence-electron chi connectivity index (χ3n) is 2.46. The zero-order chi connectivity index (χ0) is 13.2. The fourth-order valence-electron chi connectivity index (χ4n) is 1.89. The van der Waals surface area contributed by atoms with E-state index in [-0.39, 0.29) is 11.4 Å². The smallest absolute Gasteiger partial charge is 0.253 e. The molecule has 0 aliphatic carbocycles. The van der Waals surface area contributed by atoms with Crippen molar-refractivity contribution in [1.82, 2.24) is 5.32 Å². The van der Waals surface area contributed by atoms with Crippen LogP contribution in [-0.2, 0) is 0 Å². The summed E-state index contributed by atoms with van der Waals surface area (Å²) in [7, 11) is 1.84. The molecule has 0 atom stereocenters. The van der Waals surface area contributed by atoms with Crippen molar-refractivity contribution >= 4 is 11.6 Å². The summed E-state index contributed by atoms with van der Waals surface area (Å²) < 4.78 is 0. The van der Waals surface area contributed by atoms with Crippen LogP contribution in [0.3, 0.4) is 0 Å². The molecule has 0 radical (unpaired) electrons. The Balaban J connectivity index is 3.16. The molecule has 0 aliphatic heterocycles. The average molecular weight is 234 g/mol. The van der Waals surface area contributed by atoms with Crippen molar-refractivity contribution in [2.45, 2.75) is 40.2 Å². The first kappa shape index (κ1) is 13.6. The summed E-state index contributed by atoms with van der Waals surface area (Å²) in [6.45, 7) is 9.94. The van der Waals surface area contributed by atoms with Gasteiger partial charge in [0.15, 0.2) is 0 Å². The number of rotatable bonds is 2. The lowest BCUT2D eigenvalue weighted by Crippen LogP contribution is -2.40. The van der Waals surface area contributed by atoms with Gasteiger partial charge >= 0.3 is 0 Å². The Kier molecular flexibility index (Phi) is 3.81. The Morgan fingerprint density at radius 1 is 1.18 bits per heavy atom. The molecule has 2 N–H and O–H groups in total. The molecular formula is C14H22N2O. The molecule has 1 amide bonds. The Morgan fingerprint density at radius 3 is 2.24 bits per heavy atom. The van der Waals surface area contributed by atoms with Gasteiger partial charge in [-0.2, -0.15) is 0 Å². The predicted molar refractivity (Wildman–Crippen MR) is 72.7 cm³/mol. The number of hydrogen-bond donors (Lipinski definition) is 2. The van der Waals surface area contributed by atoms with Crippen LogP contribution >= 0.6 is 0 Å². The number of benzene rings is 1. The second-order valence-electron chi connectivity index (χ2n) is 5.46. The highest BCUT2D eigenvalue weighted by Gasteiger charge is 2.18. The molecule has 17 heavy (non-hydrogen) atoms. The highest BCUT2D eigenvalue weighted by Crippen LogP contribution is 2.22. The van der Waals surface area contributed by atoms with E-state index >= 15 is 0 Å². The largest absolute Gasteiger partial charge is 0.387 e. The molecule has 0 aromatic heterocycles. The molecule has 3 heteroatoms. The number of nitrogens with one attached hydrogen (secondary N) is 2. The van der Waals surface area contributed by atoms with E-state index < -0.39 is 0 Å². The summed E-state index contributed by atoms with van der Waals surface area (Å²) >= 11 is 0. The maximum atomic E-state index is 12.2. The van der Waals surface area contributed by atoms with Gasteiger partial charge in [-0.05, 0) is 51.8 Å². The number of carbonyl (C=O) groups excluding carboxylic acids is 1. The van der Waals surface area contributed by atoms with Crippen LogP contribution in [0.5, 0.6) is 0 Å². The van der Waals surface area contributed by atoms with Crippen LogP contribution in [0.25, 0.3) is 0 Å². The van der Waals surface area contributed by atoms with Crippen molar-refractivity contribution in [3.63, 3.8) is 0 Å². The van der Waals surface area contributed by atoms with Gasteiger partial charge in [0.05, 0.1) is 5.56 Å². The second kappa shape index (κ2) is 4.78. The Bertz CT molecular complexity index is 431. The van der Waals surface area contributed by atoms with Crippen LogP contribution in [-0.4, -0.2) is 18.5 Å². The molecule has 1 rings (SSSR count). The van der Waals surface area contributed by atoms with Gasteiger partial charge in [-0.3, -0.25) is 4.79 Å². The van der Waals surface area contributed by atoms with E-state index in [0.29, 0.717) is 5.56 Å². The van der Waals surface area contributed by atoms with Crippen molar-refractivity contribution in [3.8, 4) is 0 Å². The summed E-state index contributed by atoms with van der Waals surface area (Å²) in [6.07, 6.45) is 0. The molecular weight excluding hydrogens is 212 g/mol. The van der Waals surface area contributed by atoms with E-state index in [4.69, 9.17) is 0 Å². The maximum Gasteiger partial charge on any atom is 0.253 e. The standard InChI is InChI=1S/C14H22N2O/c1-9-7-10(2)12(15-6)11(8-9)13(17)16-14(3,4)5/h7-8,15H,1-6H3,(H,16,17). The molecule has 0 fully saturated rings. The topological polar surface area (TPSA) is 41.1 Å². The normalized spacial score (nSPS) is 11.2. The van der Waals surface area contributed by atoms with Gasteiger partial charge in [-0.1, -0.05) is 6.07 Å². The van der Waals surface area contributed by atoms with Crippen molar-refractivity contribution in [2.24, 2.45) is 0 Å². The molecule has 0 aliphatic rings. The van der Waals surface area contributed by atoms with E-state index in [9.17, 15) is 4.79 Å². The third-order valence-corrected chi connectivity index (χ3v) is 2.46. The molecule has 94 valence electrons. The van der Waals surface area contributed by atoms with Gasteiger partial charge in [-0.15, -0.1) is 0 Å². The first-order valence-corrected chi connectivity index (χ1v) is 5.86. The number of aryl methyl sites for hydroxylation is 2. The summed E-state index contributed by atoms with van der Waals surface area (Å²) in [5, 5.41) is 6.08. The minimum Gasteiger partial charge on any atom is -0.387 e. The molecule has 0 bridgehead atoms. The van der Waals surface area contributed by atoms with Crippen molar-refractivity contribution < 1.29 is 4.79 Å². The maximum absolute atomic E-state index is 12.2. The highest BCUT2D eigenvalue weighted by molar-refractivity contribution is 6.00. The summed E-state index contributed by atoms with van der Waals surface area (Å²) in [4.78, 5) is 12.2. The monoisotopic (exact) mass is 234 g/mol. The lowest BCUT2D eigenvalue weighted by Gasteiger charge is -2.22. The van der Waals surface area contributed by atoms with E-state index in [1.807, 2.05) is 47.7 Å². The van der Waals surface area contributed by atoms with Gasteiger partial charge in [-0.25, -0.2) is 0 Å². The minimum atomic E-state index is -0.222. The molecule has 0 saturated carbocycles. The summed E-state index contributed by atoms with van der Waals surface area (Å²) in [5.41, 5.74) is 3.57. The Hall–Kier alpha value is -1.51. The quantitative estimate of drug-likeness (QED) is 0.826. The molecule has 0 unspecified atom stereocenters. The van der Waals surface area contributed by atoms with Crippen LogP contribution < -0.4 is 10.6 Å². The van der Waals surface area contributed by atoms with Crippen LogP contribution in [0.2, 0.25) is 0 Å². The van der Waals surface area contributed by atoms with Crippen molar-refractivity contribution in [2.75, 3.05) is 12.4 Å². The lowest BCUT2D eigenvalue weighted by molar-refractivity contribution is 0.0920. The number of amides is 1. The van der Waals surface area contributed by atoms with Gasteiger partial charge in [0.1, 0.15) is 0 Å². The SMILES string of the molecule is CNc1c(C)cc(C)cc1C(=O)NC(C)(C)C. The van der Waals surface area contributed by atoms with E-state index in [2.05, 4.69) is 16.7 Å². The zero-order valence-electron chi connectivity index (χ0n) is 11.6. The van der Waals surface area contributed by atoms with Gasteiger partial charge < -0.3 is 10.6 Å². The summed E-state index contributed by atoms with van der Waals surface area (Å²) in [5.74, 6) is -0.0337. The minimum absolute atomic E-state index is 0.0337. The average Bonchev–Trinajstić information content (AvgIpc) is 2.13. The first-order valence-electron chi connectivity index (χ1n) is 5.86. The van der Waals surface area contributed by atoms with Crippen LogP contribution in [0.1, 0.15) is 42.3 Å². The highest BCUT2D eigenvalue weighted by atomic mass is 16.1. The van der Waals surface area contributed by atoms with Gasteiger partial charge in [0.25, 0.3) is 5.91 Å². The van der Waals surface area contributed by atoms with Crippen LogP contribution in [0, 0.1) is 13.8 Å². The lowest BCUT2D eigenvalue weighted by atomic mass is 10.0. The first-order chi connectivity index (χ1) is 7.74. The molecule has 1 aromatic carbocycles. The molecule has 0 spiro atoms. The van der Waals surface area contributed by atoms with Gasteiger partial charge in [0.2, 0.25) is 0 Å². The van der Waals surface area contributed by atoms with E-state index in [0.717, 1.165) is 16.8 Å². The van der Waals surface area contributed by atoms with Gasteiger partial charge in [0, 0.05) is 18.3 Å². The van der Waals surface area contributed by atoms with E-state index in [1.165, 1.54) is 0 Å². The molecule has 0 heterocycles.